The molecule has 0 heterocycles. The molecule has 27 heavy (non-hydrogen) atoms. The van der Waals surface area contributed by atoms with Gasteiger partial charge >= 0.3 is 0 Å². The van der Waals surface area contributed by atoms with Crippen molar-refractivity contribution in [3.63, 3.8) is 0 Å². The van der Waals surface area contributed by atoms with Crippen LogP contribution in [-0.2, 0) is 10.0 Å². The van der Waals surface area contributed by atoms with E-state index in [1.807, 2.05) is 0 Å². The van der Waals surface area contributed by atoms with Crippen molar-refractivity contribution in [2.24, 2.45) is 5.10 Å². The lowest BCUT2D eigenvalue weighted by atomic mass is 10.2. The fraction of sp³-hybridized carbons (Fsp3) is 0.235. The summed E-state index contributed by atoms with van der Waals surface area (Å²) < 4.78 is 39.8. The first-order chi connectivity index (χ1) is 12.8. The van der Waals surface area contributed by atoms with Gasteiger partial charge in [-0.1, -0.05) is 26.0 Å². The zero-order valence-corrected chi connectivity index (χ0v) is 15.6. The van der Waals surface area contributed by atoms with Crippen molar-refractivity contribution >= 4 is 27.6 Å². The van der Waals surface area contributed by atoms with Crippen molar-refractivity contribution in [1.82, 2.24) is 4.31 Å². The van der Waals surface area contributed by atoms with E-state index in [1.54, 1.807) is 13.8 Å². The monoisotopic (exact) mass is 394 g/mol. The SMILES string of the molecule is CCN(CC)S(=O)(=O)c1cc([N+](=O)[O-])ccc1NN=Cc1ccc(F)cc1. The Labute approximate surface area is 156 Å². The quantitative estimate of drug-likeness (QED) is 0.420. The summed E-state index contributed by atoms with van der Waals surface area (Å²) in [5, 5.41) is 15.0. The third kappa shape index (κ3) is 4.86. The van der Waals surface area contributed by atoms with E-state index in [0.717, 1.165) is 6.07 Å². The number of non-ortho nitro benzene ring substituents is 1. The van der Waals surface area contributed by atoms with E-state index >= 15 is 0 Å². The van der Waals surface area contributed by atoms with Crippen molar-refractivity contribution in [3.05, 3.63) is 64.0 Å². The van der Waals surface area contributed by atoms with Gasteiger partial charge in [-0.25, -0.2) is 12.8 Å². The summed E-state index contributed by atoms with van der Waals surface area (Å²) >= 11 is 0. The summed E-state index contributed by atoms with van der Waals surface area (Å²) in [6.07, 6.45) is 1.38. The Hall–Kier alpha value is -2.85. The number of hydrazone groups is 1. The minimum atomic E-state index is -3.95. The molecule has 0 amide bonds. The second kappa shape index (κ2) is 8.69. The number of benzene rings is 2. The molecule has 0 unspecified atom stereocenters. The van der Waals surface area contributed by atoms with Gasteiger partial charge in [-0.2, -0.15) is 9.41 Å². The molecule has 0 aromatic heterocycles. The largest absolute Gasteiger partial charge is 0.277 e. The van der Waals surface area contributed by atoms with Crippen molar-refractivity contribution in [3.8, 4) is 0 Å². The first kappa shape index (κ1) is 20.5. The van der Waals surface area contributed by atoms with Gasteiger partial charge in [0.15, 0.2) is 0 Å². The number of nitrogens with one attached hydrogen (secondary N) is 1. The molecular weight excluding hydrogens is 375 g/mol. The van der Waals surface area contributed by atoms with Crippen LogP contribution in [0.5, 0.6) is 0 Å². The summed E-state index contributed by atoms with van der Waals surface area (Å²) in [6, 6.07) is 9.03. The van der Waals surface area contributed by atoms with Crippen LogP contribution in [0.4, 0.5) is 15.8 Å². The molecule has 2 aromatic carbocycles. The molecule has 2 rings (SSSR count). The van der Waals surface area contributed by atoms with Gasteiger partial charge in [0, 0.05) is 25.2 Å². The van der Waals surface area contributed by atoms with Crippen LogP contribution >= 0.6 is 0 Å². The Balaban J connectivity index is 2.40. The maximum absolute atomic E-state index is 12.9. The lowest BCUT2D eigenvalue weighted by Crippen LogP contribution is -2.31. The third-order valence-corrected chi connectivity index (χ3v) is 5.86. The van der Waals surface area contributed by atoms with Crippen LogP contribution in [0.25, 0.3) is 0 Å². The van der Waals surface area contributed by atoms with Gasteiger partial charge in [0.25, 0.3) is 5.69 Å². The average Bonchev–Trinajstić information content (AvgIpc) is 2.64. The maximum Gasteiger partial charge on any atom is 0.270 e. The Morgan fingerprint density at radius 2 is 1.81 bits per heavy atom. The fourth-order valence-corrected chi connectivity index (χ4v) is 3.98. The van der Waals surface area contributed by atoms with Crippen molar-refractivity contribution in [2.75, 3.05) is 18.5 Å². The average molecular weight is 394 g/mol. The standard InChI is InChI=1S/C17H19FN4O4S/c1-3-21(4-2)27(25,26)17-11-15(22(23)24)9-10-16(17)20-19-12-13-5-7-14(18)8-6-13/h5-12,20H,3-4H2,1-2H3. The van der Waals surface area contributed by atoms with Crippen molar-refractivity contribution < 1.29 is 17.7 Å². The van der Waals surface area contributed by atoms with E-state index in [1.165, 1.54) is 46.9 Å². The van der Waals surface area contributed by atoms with E-state index in [9.17, 15) is 22.9 Å². The highest BCUT2D eigenvalue weighted by Gasteiger charge is 2.27. The number of anilines is 1. The van der Waals surface area contributed by atoms with Gasteiger partial charge in [0.2, 0.25) is 10.0 Å². The lowest BCUT2D eigenvalue weighted by Gasteiger charge is -2.20. The summed E-state index contributed by atoms with van der Waals surface area (Å²) in [4.78, 5) is 10.1. The molecule has 0 saturated heterocycles. The molecule has 0 aliphatic heterocycles. The van der Waals surface area contributed by atoms with Crippen LogP contribution in [0, 0.1) is 15.9 Å². The van der Waals surface area contributed by atoms with E-state index in [0.29, 0.717) is 5.56 Å². The molecule has 0 aliphatic rings. The number of hydrogen-bond acceptors (Lipinski definition) is 6. The Morgan fingerprint density at radius 1 is 1.19 bits per heavy atom. The van der Waals surface area contributed by atoms with Crippen LogP contribution in [0.1, 0.15) is 19.4 Å². The van der Waals surface area contributed by atoms with Crippen LogP contribution < -0.4 is 5.43 Å². The molecule has 0 fully saturated rings. The molecule has 144 valence electrons. The fourth-order valence-electron chi connectivity index (χ4n) is 2.36. The van der Waals surface area contributed by atoms with Crippen molar-refractivity contribution in [1.29, 1.82) is 0 Å². The second-order valence-corrected chi connectivity index (χ2v) is 7.35. The molecule has 2 aromatic rings. The molecule has 0 atom stereocenters. The van der Waals surface area contributed by atoms with Crippen LogP contribution in [0.2, 0.25) is 0 Å². The van der Waals surface area contributed by atoms with Gasteiger partial charge in [-0.05, 0) is 23.8 Å². The number of nitro benzene ring substituents is 1. The van der Waals surface area contributed by atoms with Crippen LogP contribution in [0.3, 0.4) is 0 Å². The molecule has 0 saturated carbocycles. The number of rotatable bonds is 8. The molecule has 0 radical (unpaired) electrons. The van der Waals surface area contributed by atoms with Crippen LogP contribution in [0.15, 0.2) is 52.5 Å². The van der Waals surface area contributed by atoms with E-state index in [4.69, 9.17) is 0 Å². The Kier molecular flexibility index (Phi) is 6.59. The number of halogens is 1. The van der Waals surface area contributed by atoms with Gasteiger partial charge < -0.3 is 0 Å². The molecule has 8 nitrogen and oxygen atoms in total. The summed E-state index contributed by atoms with van der Waals surface area (Å²) in [5.74, 6) is -0.386. The summed E-state index contributed by atoms with van der Waals surface area (Å²) in [6.45, 7) is 3.80. The van der Waals surface area contributed by atoms with Gasteiger partial charge in [-0.3, -0.25) is 15.5 Å². The molecule has 1 N–H and O–H groups in total. The Bertz CT molecular complexity index is 942. The topological polar surface area (TPSA) is 105 Å². The van der Waals surface area contributed by atoms with Gasteiger partial charge in [-0.15, -0.1) is 0 Å². The zero-order valence-electron chi connectivity index (χ0n) is 14.8. The highest BCUT2D eigenvalue weighted by molar-refractivity contribution is 7.89. The second-order valence-electron chi connectivity index (χ2n) is 5.45. The third-order valence-electron chi connectivity index (χ3n) is 3.77. The minimum absolute atomic E-state index is 0.103. The summed E-state index contributed by atoms with van der Waals surface area (Å²) in [5.41, 5.74) is 2.96. The molecule has 0 bridgehead atoms. The maximum atomic E-state index is 12.9. The van der Waals surface area contributed by atoms with Gasteiger partial charge in [0.05, 0.1) is 16.8 Å². The molecule has 0 spiro atoms. The normalized spacial score (nSPS) is 11.9. The van der Waals surface area contributed by atoms with Crippen molar-refractivity contribution in [2.45, 2.75) is 18.7 Å². The van der Waals surface area contributed by atoms with E-state index < -0.39 is 14.9 Å². The first-order valence-corrected chi connectivity index (χ1v) is 9.56. The predicted molar refractivity (Wildman–Crippen MR) is 101 cm³/mol. The lowest BCUT2D eigenvalue weighted by molar-refractivity contribution is -0.385. The number of sulfonamides is 1. The molecule has 0 aliphatic carbocycles. The van der Waals surface area contributed by atoms with Gasteiger partial charge in [0.1, 0.15) is 10.7 Å². The van der Waals surface area contributed by atoms with E-state index in [2.05, 4.69) is 10.5 Å². The smallest absolute Gasteiger partial charge is 0.270 e. The highest BCUT2D eigenvalue weighted by Crippen LogP contribution is 2.29. The number of nitrogens with zero attached hydrogens (tertiary/aromatic N) is 3. The minimum Gasteiger partial charge on any atom is -0.277 e. The predicted octanol–water partition coefficient (Wildman–Crippen LogP) is 3.21. The zero-order chi connectivity index (χ0) is 20.0. The molecule has 10 heteroatoms. The molecular formula is C17H19FN4O4S. The number of nitro groups is 1. The number of hydrogen-bond donors (Lipinski definition) is 1. The highest BCUT2D eigenvalue weighted by atomic mass is 32.2. The van der Waals surface area contributed by atoms with E-state index in [-0.39, 0.29) is 35.2 Å². The van der Waals surface area contributed by atoms with Crippen LogP contribution in [-0.4, -0.2) is 37.0 Å². The summed E-state index contributed by atoms with van der Waals surface area (Å²) in [7, 11) is -3.95. The first-order valence-electron chi connectivity index (χ1n) is 8.12. The Morgan fingerprint density at radius 3 is 2.37 bits per heavy atom.